The lowest BCUT2D eigenvalue weighted by molar-refractivity contribution is -0.143. The SMILES string of the molecule is CCCc1c(OCCCOc2cc(O)c(-c3ccc(F)cc3)cc2CC)ccc2c1OC(C(=O)NCCC(=O)OCCNC(=O)c1ccc(N=NCc3ccccc3S(O)(O)O)nc1)CC2. The predicted octanol–water partition coefficient (Wildman–Crippen LogP) is 9.00. The number of benzene rings is 4. The second kappa shape index (κ2) is 23.5. The minimum atomic E-state index is -3.92. The minimum Gasteiger partial charge on any atom is -0.507 e. The van der Waals surface area contributed by atoms with Gasteiger partial charge in [0.05, 0.1) is 43.2 Å². The third-order valence-corrected chi connectivity index (χ3v) is 11.5. The van der Waals surface area contributed by atoms with Crippen molar-refractivity contribution in [1.29, 1.82) is 0 Å². The molecule has 0 saturated carbocycles. The number of phenolic OH excluding ortho intramolecular Hbond substituents is 1. The first-order valence-electron chi connectivity index (χ1n) is 21.7. The molecule has 2 amide bonds. The Morgan fingerprint density at radius 3 is 2.39 bits per heavy atom. The molecule has 5 aromatic rings. The normalized spacial score (nSPS) is 13.6. The Hall–Kier alpha value is -6.60. The van der Waals surface area contributed by atoms with E-state index in [1.807, 2.05) is 25.1 Å². The van der Waals surface area contributed by atoms with Gasteiger partial charge in [0, 0.05) is 36.4 Å². The van der Waals surface area contributed by atoms with Crippen LogP contribution in [-0.4, -0.2) is 80.5 Å². The summed E-state index contributed by atoms with van der Waals surface area (Å²) >= 11 is 0. The first kappa shape index (κ1) is 48.8. The highest BCUT2D eigenvalue weighted by molar-refractivity contribution is 8.19. The number of aromatic hydroxyl groups is 1. The van der Waals surface area contributed by atoms with Crippen LogP contribution < -0.4 is 24.8 Å². The highest BCUT2D eigenvalue weighted by atomic mass is 32.3. The highest BCUT2D eigenvalue weighted by Crippen LogP contribution is 2.45. The molecular formula is C48H54FN5O11S. The number of esters is 1. The summed E-state index contributed by atoms with van der Waals surface area (Å²) in [6.45, 7) is 4.70. The van der Waals surface area contributed by atoms with E-state index in [1.54, 1.807) is 36.4 Å². The Labute approximate surface area is 383 Å². The number of azo groups is 1. The van der Waals surface area contributed by atoms with Crippen molar-refractivity contribution in [2.24, 2.45) is 10.2 Å². The molecule has 0 aliphatic carbocycles. The number of aromatic nitrogens is 1. The summed E-state index contributed by atoms with van der Waals surface area (Å²) in [4.78, 5) is 42.2. The van der Waals surface area contributed by atoms with Crippen LogP contribution in [-0.2, 0) is 40.1 Å². The standard InChI is InChI=1S/C48H54FN5O11S/c1-3-8-37-40(62-24-7-25-63-42-28-39(55)38(27-31(42)4-2)32-11-16-36(49)17-12-32)18-13-33-14-19-41(65-46(33)37)48(58)50-22-21-45(56)64-26-23-51-47(57)35-15-20-44(52-29-35)54-53-30-34-9-5-6-10-43(34)66(59,60)61/h5-6,9-13,15-18,20,27-29,41,55,59-61H,3-4,7-8,14,19,21-26,30H2,1-2H3,(H,50,58)(H,51,57). The number of rotatable bonds is 22. The Kier molecular flexibility index (Phi) is 17.4. The number of hydrogen-bond donors (Lipinski definition) is 6. The van der Waals surface area contributed by atoms with E-state index in [9.17, 15) is 37.5 Å². The van der Waals surface area contributed by atoms with Gasteiger partial charge < -0.3 is 48.3 Å². The molecule has 0 radical (unpaired) electrons. The topological polar surface area (TPSA) is 231 Å². The maximum Gasteiger partial charge on any atom is 0.307 e. The van der Waals surface area contributed by atoms with Crippen molar-refractivity contribution in [1.82, 2.24) is 15.6 Å². The fourth-order valence-electron chi connectivity index (χ4n) is 7.18. The van der Waals surface area contributed by atoms with Crippen LogP contribution in [0.3, 0.4) is 0 Å². The van der Waals surface area contributed by atoms with Crippen molar-refractivity contribution in [3.63, 3.8) is 0 Å². The molecule has 18 heteroatoms. The maximum absolute atomic E-state index is 13.5. The van der Waals surface area contributed by atoms with Crippen LogP contribution in [0.15, 0.2) is 106 Å². The van der Waals surface area contributed by atoms with E-state index in [4.69, 9.17) is 18.9 Å². The largest absolute Gasteiger partial charge is 0.507 e. The van der Waals surface area contributed by atoms with Gasteiger partial charge in [0.25, 0.3) is 11.8 Å². The highest BCUT2D eigenvalue weighted by Gasteiger charge is 2.29. The lowest BCUT2D eigenvalue weighted by Crippen LogP contribution is -2.41. The number of carbonyl (C=O) groups is 3. The van der Waals surface area contributed by atoms with Crippen LogP contribution in [0.25, 0.3) is 11.1 Å². The van der Waals surface area contributed by atoms with E-state index >= 15 is 0 Å². The zero-order valence-corrected chi connectivity index (χ0v) is 37.5. The molecule has 4 aromatic carbocycles. The Balaban J connectivity index is 0.892. The molecule has 6 N–H and O–H groups in total. The van der Waals surface area contributed by atoms with Gasteiger partial charge >= 0.3 is 5.97 Å². The van der Waals surface area contributed by atoms with Crippen molar-refractivity contribution in [2.45, 2.75) is 76.3 Å². The smallest absolute Gasteiger partial charge is 0.307 e. The van der Waals surface area contributed by atoms with Crippen LogP contribution in [0.4, 0.5) is 10.2 Å². The van der Waals surface area contributed by atoms with Gasteiger partial charge in [-0.15, -0.1) is 5.11 Å². The Bertz CT molecular complexity index is 2480. The average Bonchev–Trinajstić information content (AvgIpc) is 3.31. The summed E-state index contributed by atoms with van der Waals surface area (Å²) in [5, 5.41) is 24.1. The van der Waals surface area contributed by atoms with Crippen molar-refractivity contribution in [3.05, 3.63) is 125 Å². The molecule has 0 saturated heterocycles. The number of halogens is 1. The van der Waals surface area contributed by atoms with E-state index in [-0.39, 0.29) is 66.4 Å². The second-order valence-corrected chi connectivity index (χ2v) is 16.7. The molecule has 1 aliphatic heterocycles. The first-order valence-corrected chi connectivity index (χ1v) is 23.2. The van der Waals surface area contributed by atoms with Gasteiger partial charge in [-0.25, -0.2) is 9.37 Å². The lowest BCUT2D eigenvalue weighted by atomic mass is 9.96. The summed E-state index contributed by atoms with van der Waals surface area (Å²) < 4.78 is 66.1. The molecule has 0 spiro atoms. The quantitative estimate of drug-likeness (QED) is 0.0217. The lowest BCUT2D eigenvalue weighted by Gasteiger charge is -2.28. The van der Waals surface area contributed by atoms with Crippen LogP contribution >= 0.6 is 10.9 Å². The summed E-state index contributed by atoms with van der Waals surface area (Å²) in [6, 6.07) is 22.5. The minimum absolute atomic E-state index is 0.0372. The van der Waals surface area contributed by atoms with E-state index in [0.29, 0.717) is 79.3 Å². The van der Waals surface area contributed by atoms with Crippen molar-refractivity contribution < 1.29 is 56.5 Å². The van der Waals surface area contributed by atoms with E-state index < -0.39 is 28.9 Å². The van der Waals surface area contributed by atoms with Gasteiger partial charge in [0.1, 0.15) is 46.3 Å². The Morgan fingerprint density at radius 2 is 1.67 bits per heavy atom. The third-order valence-electron chi connectivity index (χ3n) is 10.5. The average molecular weight is 928 g/mol. The number of hydrogen-bond acceptors (Lipinski definition) is 14. The van der Waals surface area contributed by atoms with Crippen LogP contribution in [0.2, 0.25) is 0 Å². The molecule has 1 aliphatic rings. The van der Waals surface area contributed by atoms with Gasteiger partial charge in [-0.3, -0.25) is 14.4 Å². The van der Waals surface area contributed by atoms with Crippen LogP contribution in [0, 0.1) is 5.82 Å². The number of nitrogens with one attached hydrogen (secondary N) is 2. The molecule has 350 valence electrons. The maximum atomic E-state index is 13.5. The monoisotopic (exact) mass is 927 g/mol. The molecule has 1 aromatic heterocycles. The number of carbonyl (C=O) groups excluding carboxylic acids is 3. The number of phenols is 1. The van der Waals surface area contributed by atoms with Gasteiger partial charge in [-0.05, 0) is 90.4 Å². The van der Waals surface area contributed by atoms with Crippen molar-refractivity contribution in [3.8, 4) is 34.1 Å². The zero-order valence-electron chi connectivity index (χ0n) is 36.7. The molecular weight excluding hydrogens is 874 g/mol. The van der Waals surface area contributed by atoms with E-state index in [2.05, 4.69) is 32.8 Å². The summed E-state index contributed by atoms with van der Waals surface area (Å²) in [6.07, 6.45) is 4.30. The molecule has 0 bridgehead atoms. The second-order valence-electron chi connectivity index (χ2n) is 15.3. The van der Waals surface area contributed by atoms with Gasteiger partial charge in [0.15, 0.2) is 11.9 Å². The number of ether oxygens (including phenoxy) is 4. The fourth-order valence-corrected chi connectivity index (χ4v) is 7.92. The summed E-state index contributed by atoms with van der Waals surface area (Å²) in [5.41, 5.74) is 4.72. The van der Waals surface area contributed by atoms with Crippen LogP contribution in [0.1, 0.15) is 72.1 Å². The predicted molar refractivity (Wildman–Crippen MR) is 245 cm³/mol. The van der Waals surface area contributed by atoms with Gasteiger partial charge in [-0.1, -0.05) is 56.7 Å². The summed E-state index contributed by atoms with van der Waals surface area (Å²) in [7, 11) is -3.92. The number of pyridine rings is 1. The van der Waals surface area contributed by atoms with Crippen molar-refractivity contribution in [2.75, 3.05) is 32.9 Å². The molecule has 1 atom stereocenters. The van der Waals surface area contributed by atoms with Gasteiger partial charge in [-0.2, -0.15) is 5.11 Å². The van der Waals surface area contributed by atoms with Crippen molar-refractivity contribution >= 4 is 34.5 Å². The van der Waals surface area contributed by atoms with Gasteiger partial charge in [0.2, 0.25) is 0 Å². The molecule has 2 heterocycles. The van der Waals surface area contributed by atoms with E-state index in [1.165, 1.54) is 36.5 Å². The molecule has 6 rings (SSSR count). The molecule has 1 unspecified atom stereocenters. The summed E-state index contributed by atoms with van der Waals surface area (Å²) in [5.74, 6) is 0.441. The number of aryl methyl sites for hydroxylation is 2. The van der Waals surface area contributed by atoms with E-state index in [0.717, 1.165) is 23.1 Å². The zero-order chi connectivity index (χ0) is 47.1. The Morgan fingerprint density at radius 1 is 0.894 bits per heavy atom. The molecule has 0 fully saturated rings. The first-order chi connectivity index (χ1) is 31.8. The van der Waals surface area contributed by atoms with Crippen LogP contribution in [0.5, 0.6) is 23.0 Å². The number of nitrogens with zero attached hydrogens (tertiary/aromatic N) is 3. The molecule has 16 nitrogen and oxygen atoms in total. The third kappa shape index (κ3) is 13.5. The number of fused-ring (bicyclic) bond motifs is 1. The number of amides is 2. The fraction of sp³-hybridized carbons (Fsp3) is 0.333. The molecule has 66 heavy (non-hydrogen) atoms.